The molecule has 4 rings (SSSR count). The molecular weight excluding hydrogens is 242 g/mol. The van der Waals surface area contributed by atoms with Gasteiger partial charge >= 0.3 is 0 Å². The minimum Gasteiger partial charge on any atom is -0.399 e. The maximum Gasteiger partial charge on any atom is 0.0317 e. The highest BCUT2D eigenvalue weighted by Crippen LogP contribution is 2.39. The highest BCUT2D eigenvalue weighted by molar-refractivity contribution is 5.81. The van der Waals surface area contributed by atoms with Crippen molar-refractivity contribution >= 4 is 5.69 Å². The smallest absolute Gasteiger partial charge is 0.0317 e. The minimum atomic E-state index is 0.847. The van der Waals surface area contributed by atoms with Crippen LogP contribution in [-0.2, 0) is 6.42 Å². The molecule has 0 aliphatic heterocycles. The molecule has 20 heavy (non-hydrogen) atoms. The molecule has 0 radical (unpaired) electrons. The maximum absolute atomic E-state index is 5.89. The topological polar surface area (TPSA) is 26.0 Å². The molecular formula is C19H15N. The van der Waals surface area contributed by atoms with Gasteiger partial charge in [-0.2, -0.15) is 0 Å². The van der Waals surface area contributed by atoms with Crippen LogP contribution >= 0.6 is 0 Å². The van der Waals surface area contributed by atoms with E-state index in [1.807, 2.05) is 6.07 Å². The predicted molar refractivity (Wildman–Crippen MR) is 84.5 cm³/mol. The first-order valence-corrected chi connectivity index (χ1v) is 6.88. The van der Waals surface area contributed by atoms with Crippen molar-refractivity contribution in [1.29, 1.82) is 0 Å². The van der Waals surface area contributed by atoms with E-state index >= 15 is 0 Å². The van der Waals surface area contributed by atoms with Gasteiger partial charge in [0.05, 0.1) is 0 Å². The molecule has 3 aromatic carbocycles. The number of rotatable bonds is 1. The first-order chi connectivity index (χ1) is 9.81. The molecule has 0 heterocycles. The molecule has 1 aliphatic carbocycles. The van der Waals surface area contributed by atoms with Crippen LogP contribution in [0, 0.1) is 0 Å². The summed E-state index contributed by atoms with van der Waals surface area (Å²) in [4.78, 5) is 0. The Hall–Kier alpha value is -2.54. The van der Waals surface area contributed by atoms with Crippen LogP contribution in [0.25, 0.3) is 22.3 Å². The van der Waals surface area contributed by atoms with Crippen molar-refractivity contribution in [2.75, 3.05) is 5.73 Å². The number of benzene rings is 3. The summed E-state index contributed by atoms with van der Waals surface area (Å²) in [6.45, 7) is 0. The van der Waals surface area contributed by atoms with Gasteiger partial charge in [-0.3, -0.25) is 0 Å². The molecule has 1 heteroatoms. The highest BCUT2D eigenvalue weighted by Gasteiger charge is 2.18. The zero-order chi connectivity index (χ0) is 13.5. The number of fused-ring (bicyclic) bond motifs is 3. The second-order valence-corrected chi connectivity index (χ2v) is 5.33. The summed E-state index contributed by atoms with van der Waals surface area (Å²) in [7, 11) is 0. The van der Waals surface area contributed by atoms with Crippen molar-refractivity contribution in [3.05, 3.63) is 77.9 Å². The third-order valence-electron chi connectivity index (χ3n) is 4.01. The molecule has 0 amide bonds. The minimum absolute atomic E-state index is 0.847. The Balaban J connectivity index is 1.82. The fourth-order valence-corrected chi connectivity index (χ4v) is 3.04. The summed E-state index contributed by atoms with van der Waals surface area (Å²) < 4.78 is 0. The molecule has 0 unspecified atom stereocenters. The Morgan fingerprint density at radius 2 is 1.35 bits per heavy atom. The quantitative estimate of drug-likeness (QED) is 0.499. The van der Waals surface area contributed by atoms with Gasteiger partial charge < -0.3 is 5.73 Å². The molecule has 1 nitrogen and oxygen atoms in total. The third-order valence-corrected chi connectivity index (χ3v) is 4.01. The zero-order valence-corrected chi connectivity index (χ0v) is 11.1. The lowest BCUT2D eigenvalue weighted by molar-refractivity contribution is 1.26. The van der Waals surface area contributed by atoms with Crippen LogP contribution in [-0.4, -0.2) is 0 Å². The van der Waals surface area contributed by atoms with Crippen LogP contribution in [0.15, 0.2) is 66.7 Å². The number of nitrogens with two attached hydrogens (primary N) is 1. The SMILES string of the molecule is Nc1ccc2c(c1)Cc1cc(-c3ccccc3)ccc1-2. The molecule has 0 bridgehead atoms. The summed E-state index contributed by atoms with van der Waals surface area (Å²) in [6.07, 6.45) is 0.983. The van der Waals surface area contributed by atoms with Crippen molar-refractivity contribution in [2.45, 2.75) is 6.42 Å². The van der Waals surface area contributed by atoms with Crippen LogP contribution in [0.3, 0.4) is 0 Å². The normalized spacial score (nSPS) is 12.0. The van der Waals surface area contributed by atoms with Gasteiger partial charge in [0.1, 0.15) is 0 Å². The third kappa shape index (κ3) is 1.71. The Kier molecular flexibility index (Phi) is 2.40. The molecule has 0 atom stereocenters. The van der Waals surface area contributed by atoms with Crippen molar-refractivity contribution in [2.24, 2.45) is 0 Å². The number of hydrogen-bond donors (Lipinski definition) is 1. The van der Waals surface area contributed by atoms with E-state index in [2.05, 4.69) is 60.7 Å². The first kappa shape index (κ1) is 11.3. The van der Waals surface area contributed by atoms with Gasteiger partial charge in [0.25, 0.3) is 0 Å². The second-order valence-electron chi connectivity index (χ2n) is 5.33. The first-order valence-electron chi connectivity index (χ1n) is 6.88. The number of anilines is 1. The second kappa shape index (κ2) is 4.24. The van der Waals surface area contributed by atoms with E-state index in [9.17, 15) is 0 Å². The lowest BCUT2D eigenvalue weighted by Crippen LogP contribution is -1.86. The van der Waals surface area contributed by atoms with Gasteiger partial charge in [0, 0.05) is 5.69 Å². The molecule has 96 valence electrons. The molecule has 1 aliphatic rings. The van der Waals surface area contributed by atoms with Gasteiger partial charge in [0.2, 0.25) is 0 Å². The Morgan fingerprint density at radius 3 is 2.15 bits per heavy atom. The van der Waals surface area contributed by atoms with Crippen LogP contribution < -0.4 is 5.73 Å². The van der Waals surface area contributed by atoms with Crippen LogP contribution in [0.5, 0.6) is 0 Å². The van der Waals surface area contributed by atoms with E-state index in [0.717, 1.165) is 12.1 Å². The molecule has 0 fully saturated rings. The standard InChI is InChI=1S/C19H15N/c20-17-7-9-19-16(12-17)11-15-10-14(6-8-18(15)19)13-4-2-1-3-5-13/h1-10,12H,11,20H2. The Labute approximate surface area is 118 Å². The van der Waals surface area contributed by atoms with E-state index in [-0.39, 0.29) is 0 Å². The van der Waals surface area contributed by atoms with Gasteiger partial charge in [-0.05, 0) is 51.9 Å². The van der Waals surface area contributed by atoms with Crippen molar-refractivity contribution < 1.29 is 0 Å². The van der Waals surface area contributed by atoms with Crippen LogP contribution in [0.1, 0.15) is 11.1 Å². The highest BCUT2D eigenvalue weighted by atomic mass is 14.5. The zero-order valence-electron chi connectivity index (χ0n) is 11.1. The van der Waals surface area contributed by atoms with Crippen LogP contribution in [0.2, 0.25) is 0 Å². The lowest BCUT2D eigenvalue weighted by Gasteiger charge is -2.05. The summed E-state index contributed by atoms with van der Waals surface area (Å²) >= 11 is 0. The predicted octanol–water partition coefficient (Wildman–Crippen LogP) is 4.51. The lowest BCUT2D eigenvalue weighted by atomic mass is 9.99. The Morgan fingerprint density at radius 1 is 0.650 bits per heavy atom. The fourth-order valence-electron chi connectivity index (χ4n) is 3.04. The Bertz CT molecular complexity index is 788. The summed E-state index contributed by atoms with van der Waals surface area (Å²) in [5, 5.41) is 0. The largest absolute Gasteiger partial charge is 0.399 e. The maximum atomic E-state index is 5.89. The van der Waals surface area contributed by atoms with Crippen molar-refractivity contribution in [3.63, 3.8) is 0 Å². The van der Waals surface area contributed by atoms with Gasteiger partial charge in [-0.1, -0.05) is 54.6 Å². The van der Waals surface area contributed by atoms with E-state index in [1.165, 1.54) is 33.4 Å². The molecule has 0 spiro atoms. The summed E-state index contributed by atoms with van der Waals surface area (Å²) in [5.74, 6) is 0. The van der Waals surface area contributed by atoms with E-state index in [4.69, 9.17) is 5.73 Å². The average molecular weight is 257 g/mol. The molecule has 3 aromatic rings. The average Bonchev–Trinajstić information content (AvgIpc) is 2.84. The van der Waals surface area contributed by atoms with E-state index in [1.54, 1.807) is 0 Å². The van der Waals surface area contributed by atoms with Gasteiger partial charge in [0.15, 0.2) is 0 Å². The summed E-state index contributed by atoms with van der Waals surface area (Å²) in [5.41, 5.74) is 14.7. The molecule has 0 saturated carbocycles. The molecule has 0 aromatic heterocycles. The monoisotopic (exact) mass is 257 g/mol. The van der Waals surface area contributed by atoms with Crippen molar-refractivity contribution in [1.82, 2.24) is 0 Å². The number of nitrogen functional groups attached to an aromatic ring is 1. The molecule has 2 N–H and O–H groups in total. The number of hydrogen-bond acceptors (Lipinski definition) is 1. The van der Waals surface area contributed by atoms with Crippen LogP contribution in [0.4, 0.5) is 5.69 Å². The van der Waals surface area contributed by atoms with E-state index < -0.39 is 0 Å². The summed E-state index contributed by atoms with van der Waals surface area (Å²) in [6, 6.07) is 23.5. The van der Waals surface area contributed by atoms with Gasteiger partial charge in [-0.25, -0.2) is 0 Å². The molecule has 0 saturated heterocycles. The van der Waals surface area contributed by atoms with E-state index in [0.29, 0.717) is 0 Å². The van der Waals surface area contributed by atoms with Crippen molar-refractivity contribution in [3.8, 4) is 22.3 Å². The fraction of sp³-hybridized carbons (Fsp3) is 0.0526. The van der Waals surface area contributed by atoms with Gasteiger partial charge in [-0.15, -0.1) is 0 Å².